The second-order valence-electron chi connectivity index (χ2n) is 4.78. The summed E-state index contributed by atoms with van der Waals surface area (Å²) in [6, 6.07) is 10.0. The summed E-state index contributed by atoms with van der Waals surface area (Å²) in [7, 11) is 0. The van der Waals surface area contributed by atoms with Gasteiger partial charge in [0, 0.05) is 10.6 Å². The molecule has 2 aromatic carbocycles. The molecule has 0 radical (unpaired) electrons. The van der Waals surface area contributed by atoms with Crippen LogP contribution in [0.3, 0.4) is 0 Å². The SMILES string of the molecule is C[C@H](Sc1cccc(C(F)(F)F)c1)C(=O)Nc1ccc(F)cc1. The van der Waals surface area contributed by atoms with Gasteiger partial charge in [-0.2, -0.15) is 13.2 Å². The maximum absolute atomic E-state index is 12.8. The number of carbonyl (C=O) groups excluding carboxylic acids is 1. The summed E-state index contributed by atoms with van der Waals surface area (Å²) < 4.78 is 50.8. The van der Waals surface area contributed by atoms with Crippen molar-refractivity contribution < 1.29 is 22.4 Å². The Morgan fingerprint density at radius 2 is 1.78 bits per heavy atom. The van der Waals surface area contributed by atoms with E-state index in [-0.39, 0.29) is 5.91 Å². The van der Waals surface area contributed by atoms with Gasteiger partial charge in [0.2, 0.25) is 5.91 Å². The summed E-state index contributed by atoms with van der Waals surface area (Å²) in [5.74, 6) is -0.798. The molecule has 2 nitrogen and oxygen atoms in total. The molecule has 1 amide bonds. The molecule has 0 saturated heterocycles. The van der Waals surface area contributed by atoms with Gasteiger partial charge in [0.05, 0.1) is 10.8 Å². The molecule has 0 spiro atoms. The van der Waals surface area contributed by atoms with Gasteiger partial charge in [0.25, 0.3) is 0 Å². The Morgan fingerprint density at radius 3 is 2.39 bits per heavy atom. The third-order valence-electron chi connectivity index (χ3n) is 2.96. The molecular formula is C16H13F4NOS. The number of thioether (sulfide) groups is 1. The van der Waals surface area contributed by atoms with Crippen molar-refractivity contribution >= 4 is 23.4 Å². The molecule has 0 unspecified atom stereocenters. The van der Waals surface area contributed by atoms with Crippen LogP contribution in [0.4, 0.5) is 23.2 Å². The smallest absolute Gasteiger partial charge is 0.325 e. The van der Waals surface area contributed by atoms with Gasteiger partial charge in [-0.3, -0.25) is 4.79 Å². The van der Waals surface area contributed by atoms with Crippen molar-refractivity contribution in [1.82, 2.24) is 0 Å². The molecule has 0 heterocycles. The third kappa shape index (κ3) is 4.99. The topological polar surface area (TPSA) is 29.1 Å². The largest absolute Gasteiger partial charge is 0.416 e. The fourth-order valence-corrected chi connectivity index (χ4v) is 2.71. The lowest BCUT2D eigenvalue weighted by molar-refractivity contribution is -0.137. The van der Waals surface area contributed by atoms with Crippen molar-refractivity contribution in [2.45, 2.75) is 23.2 Å². The van der Waals surface area contributed by atoms with Gasteiger partial charge in [-0.1, -0.05) is 6.07 Å². The summed E-state index contributed by atoms with van der Waals surface area (Å²) in [4.78, 5) is 12.4. The van der Waals surface area contributed by atoms with Gasteiger partial charge < -0.3 is 5.32 Å². The van der Waals surface area contributed by atoms with Gasteiger partial charge in [-0.15, -0.1) is 11.8 Å². The first kappa shape index (κ1) is 17.3. The monoisotopic (exact) mass is 343 g/mol. The average molecular weight is 343 g/mol. The van der Waals surface area contributed by atoms with Crippen LogP contribution in [0.15, 0.2) is 53.4 Å². The Hall–Kier alpha value is -2.02. The fourth-order valence-electron chi connectivity index (χ4n) is 1.78. The van der Waals surface area contributed by atoms with Crippen LogP contribution in [-0.4, -0.2) is 11.2 Å². The van der Waals surface area contributed by atoms with Crippen LogP contribution >= 0.6 is 11.8 Å². The van der Waals surface area contributed by atoms with Crippen molar-refractivity contribution in [1.29, 1.82) is 0 Å². The van der Waals surface area contributed by atoms with Crippen LogP contribution in [-0.2, 0) is 11.0 Å². The molecule has 0 aliphatic carbocycles. The lowest BCUT2D eigenvalue weighted by Gasteiger charge is -2.13. The van der Waals surface area contributed by atoms with Crippen molar-refractivity contribution in [2.75, 3.05) is 5.32 Å². The number of nitrogens with one attached hydrogen (secondary N) is 1. The van der Waals surface area contributed by atoms with Gasteiger partial charge >= 0.3 is 6.18 Å². The molecule has 2 rings (SSSR count). The van der Waals surface area contributed by atoms with E-state index in [1.165, 1.54) is 36.4 Å². The number of hydrogen-bond donors (Lipinski definition) is 1. The van der Waals surface area contributed by atoms with Crippen molar-refractivity contribution in [3.05, 3.63) is 59.9 Å². The molecule has 0 aromatic heterocycles. The highest BCUT2D eigenvalue weighted by Gasteiger charge is 2.30. The Labute approximate surface area is 134 Å². The molecule has 0 aliphatic heterocycles. The molecule has 0 fully saturated rings. The first-order valence-corrected chi connectivity index (χ1v) is 7.54. The lowest BCUT2D eigenvalue weighted by atomic mass is 10.2. The van der Waals surface area contributed by atoms with E-state index in [1.807, 2.05) is 0 Å². The number of anilines is 1. The second-order valence-corrected chi connectivity index (χ2v) is 6.20. The molecule has 122 valence electrons. The number of hydrogen-bond acceptors (Lipinski definition) is 2. The first-order chi connectivity index (χ1) is 10.8. The van der Waals surface area contributed by atoms with E-state index >= 15 is 0 Å². The number of rotatable bonds is 4. The minimum Gasteiger partial charge on any atom is -0.325 e. The molecule has 0 aliphatic rings. The zero-order chi connectivity index (χ0) is 17.0. The molecular weight excluding hydrogens is 330 g/mol. The molecule has 23 heavy (non-hydrogen) atoms. The average Bonchev–Trinajstić information content (AvgIpc) is 2.49. The summed E-state index contributed by atoms with van der Waals surface area (Å²) in [5, 5.41) is 1.98. The normalized spacial score (nSPS) is 12.7. The minimum absolute atomic E-state index is 0.349. The Bertz CT molecular complexity index is 685. The predicted octanol–water partition coefficient (Wildman–Crippen LogP) is 4.96. The fraction of sp³-hybridized carbons (Fsp3) is 0.188. The van der Waals surface area contributed by atoms with Crippen molar-refractivity contribution in [2.24, 2.45) is 0 Å². The summed E-state index contributed by atoms with van der Waals surface area (Å²) in [6.07, 6.45) is -4.42. The zero-order valence-corrected chi connectivity index (χ0v) is 12.8. The highest BCUT2D eigenvalue weighted by atomic mass is 32.2. The number of amides is 1. The summed E-state index contributed by atoms with van der Waals surface area (Å²) in [5.41, 5.74) is -0.332. The predicted molar refractivity (Wildman–Crippen MR) is 81.8 cm³/mol. The van der Waals surface area contributed by atoms with Gasteiger partial charge in [0.1, 0.15) is 5.82 Å². The maximum atomic E-state index is 12.8. The van der Waals surface area contributed by atoms with Gasteiger partial charge in [0.15, 0.2) is 0 Å². The Morgan fingerprint density at radius 1 is 1.13 bits per heavy atom. The highest BCUT2D eigenvalue weighted by molar-refractivity contribution is 8.00. The number of benzene rings is 2. The first-order valence-electron chi connectivity index (χ1n) is 6.66. The third-order valence-corrected chi connectivity index (χ3v) is 4.05. The van der Waals surface area contributed by atoms with E-state index in [2.05, 4.69) is 5.32 Å². The molecule has 7 heteroatoms. The van der Waals surface area contributed by atoms with E-state index < -0.39 is 22.8 Å². The van der Waals surface area contributed by atoms with Crippen LogP contribution in [0.5, 0.6) is 0 Å². The highest BCUT2D eigenvalue weighted by Crippen LogP contribution is 2.33. The van der Waals surface area contributed by atoms with Crippen LogP contribution < -0.4 is 5.32 Å². The van der Waals surface area contributed by atoms with E-state index in [9.17, 15) is 22.4 Å². The van der Waals surface area contributed by atoms with Gasteiger partial charge in [-0.25, -0.2) is 4.39 Å². The standard InChI is InChI=1S/C16H13F4NOS/c1-10(15(22)21-13-7-5-12(17)6-8-13)23-14-4-2-3-11(9-14)16(18,19)20/h2-10H,1H3,(H,21,22)/t10-/m0/s1. The summed E-state index contributed by atoms with van der Waals surface area (Å²) in [6.45, 7) is 1.59. The summed E-state index contributed by atoms with van der Waals surface area (Å²) >= 11 is 1.02. The van der Waals surface area contributed by atoms with E-state index in [4.69, 9.17) is 0 Å². The number of alkyl halides is 3. The van der Waals surface area contributed by atoms with Crippen molar-refractivity contribution in [3.63, 3.8) is 0 Å². The van der Waals surface area contributed by atoms with Crippen LogP contribution in [0, 0.1) is 5.82 Å². The lowest BCUT2D eigenvalue weighted by Crippen LogP contribution is -2.22. The maximum Gasteiger partial charge on any atom is 0.416 e. The van der Waals surface area contributed by atoms with Crippen LogP contribution in [0.1, 0.15) is 12.5 Å². The Balaban J connectivity index is 2.02. The minimum atomic E-state index is -4.42. The quantitative estimate of drug-likeness (QED) is 0.628. The van der Waals surface area contributed by atoms with Crippen LogP contribution in [0.25, 0.3) is 0 Å². The molecule has 1 N–H and O–H groups in total. The van der Waals surface area contributed by atoms with E-state index in [1.54, 1.807) is 6.92 Å². The van der Waals surface area contributed by atoms with E-state index in [0.717, 1.165) is 23.9 Å². The Kier molecular flexibility index (Phi) is 5.30. The van der Waals surface area contributed by atoms with E-state index in [0.29, 0.717) is 10.6 Å². The second kappa shape index (κ2) is 7.04. The van der Waals surface area contributed by atoms with Crippen molar-refractivity contribution in [3.8, 4) is 0 Å². The van der Waals surface area contributed by atoms with Gasteiger partial charge in [-0.05, 0) is 49.4 Å². The number of carbonyl (C=O) groups is 1. The van der Waals surface area contributed by atoms with Crippen LogP contribution in [0.2, 0.25) is 0 Å². The molecule has 0 bridgehead atoms. The zero-order valence-electron chi connectivity index (χ0n) is 12.0. The molecule has 0 saturated carbocycles. The molecule has 2 aromatic rings. The molecule has 1 atom stereocenters. The number of halogens is 4.